The molecule has 0 aromatic heterocycles. The third-order valence-corrected chi connectivity index (χ3v) is 2.63. The van der Waals surface area contributed by atoms with Gasteiger partial charge < -0.3 is 19.3 Å². The minimum Gasteiger partial charge on any atom is -0.496 e. The number of ether oxygens (including phenoxy) is 3. The SMILES string of the molecule is COCCOCC(O)Cc1cc(C)ccc1OC. The van der Waals surface area contributed by atoms with E-state index in [0.29, 0.717) is 26.2 Å². The number of hydrogen-bond donors (Lipinski definition) is 1. The summed E-state index contributed by atoms with van der Waals surface area (Å²) in [6.45, 7) is 3.36. The molecule has 0 spiro atoms. The molecule has 1 unspecified atom stereocenters. The highest BCUT2D eigenvalue weighted by atomic mass is 16.5. The third kappa shape index (κ3) is 5.04. The summed E-state index contributed by atoms with van der Waals surface area (Å²) in [5, 5.41) is 9.89. The van der Waals surface area contributed by atoms with E-state index in [0.717, 1.165) is 16.9 Å². The Kier molecular flexibility index (Phi) is 6.72. The van der Waals surface area contributed by atoms with E-state index in [1.807, 2.05) is 25.1 Å². The van der Waals surface area contributed by atoms with Crippen LogP contribution in [0.15, 0.2) is 18.2 Å². The van der Waals surface area contributed by atoms with E-state index in [9.17, 15) is 5.11 Å². The van der Waals surface area contributed by atoms with Crippen molar-refractivity contribution in [1.82, 2.24) is 0 Å². The molecular formula is C14H22O4. The topological polar surface area (TPSA) is 47.9 Å². The first-order chi connectivity index (χ1) is 8.67. The summed E-state index contributed by atoms with van der Waals surface area (Å²) in [7, 11) is 3.26. The van der Waals surface area contributed by atoms with Crippen molar-refractivity contribution in [1.29, 1.82) is 0 Å². The molecule has 0 aliphatic carbocycles. The van der Waals surface area contributed by atoms with E-state index in [-0.39, 0.29) is 0 Å². The highest BCUT2D eigenvalue weighted by molar-refractivity contribution is 5.37. The predicted molar refractivity (Wildman–Crippen MR) is 70.1 cm³/mol. The van der Waals surface area contributed by atoms with Crippen LogP contribution in [0.5, 0.6) is 5.75 Å². The molecule has 1 aromatic rings. The minimum atomic E-state index is -0.530. The fourth-order valence-corrected chi connectivity index (χ4v) is 1.74. The van der Waals surface area contributed by atoms with Crippen LogP contribution in [0.1, 0.15) is 11.1 Å². The minimum absolute atomic E-state index is 0.306. The average molecular weight is 254 g/mol. The maximum atomic E-state index is 9.89. The molecule has 1 aromatic carbocycles. The highest BCUT2D eigenvalue weighted by Crippen LogP contribution is 2.21. The van der Waals surface area contributed by atoms with Crippen molar-refractivity contribution in [3.8, 4) is 5.75 Å². The van der Waals surface area contributed by atoms with Gasteiger partial charge in [0.2, 0.25) is 0 Å². The molecule has 1 rings (SSSR count). The average Bonchev–Trinajstić information content (AvgIpc) is 2.35. The lowest BCUT2D eigenvalue weighted by Crippen LogP contribution is -2.20. The van der Waals surface area contributed by atoms with Gasteiger partial charge >= 0.3 is 0 Å². The Balaban J connectivity index is 2.47. The molecule has 1 atom stereocenters. The molecule has 4 heteroatoms. The van der Waals surface area contributed by atoms with E-state index < -0.39 is 6.10 Å². The van der Waals surface area contributed by atoms with E-state index in [1.165, 1.54) is 0 Å². The Morgan fingerprint density at radius 2 is 2.00 bits per heavy atom. The van der Waals surface area contributed by atoms with Gasteiger partial charge in [-0.15, -0.1) is 0 Å². The van der Waals surface area contributed by atoms with Crippen molar-refractivity contribution < 1.29 is 19.3 Å². The monoisotopic (exact) mass is 254 g/mol. The van der Waals surface area contributed by atoms with Crippen LogP contribution in [0.3, 0.4) is 0 Å². The molecular weight excluding hydrogens is 232 g/mol. The van der Waals surface area contributed by atoms with Crippen LogP contribution in [-0.4, -0.2) is 45.3 Å². The molecule has 0 radical (unpaired) electrons. The molecule has 4 nitrogen and oxygen atoms in total. The van der Waals surface area contributed by atoms with Crippen LogP contribution in [0.4, 0.5) is 0 Å². The first kappa shape index (κ1) is 15.0. The van der Waals surface area contributed by atoms with Crippen LogP contribution in [0.25, 0.3) is 0 Å². The number of methoxy groups -OCH3 is 2. The van der Waals surface area contributed by atoms with Crippen molar-refractivity contribution in [2.24, 2.45) is 0 Å². The molecule has 0 saturated carbocycles. The zero-order valence-corrected chi connectivity index (χ0v) is 11.3. The van der Waals surface area contributed by atoms with E-state index >= 15 is 0 Å². The molecule has 1 N–H and O–H groups in total. The summed E-state index contributed by atoms with van der Waals surface area (Å²) < 4.78 is 15.4. The Labute approximate surface area is 108 Å². The van der Waals surface area contributed by atoms with Gasteiger partial charge in [0, 0.05) is 13.5 Å². The van der Waals surface area contributed by atoms with Crippen LogP contribution in [-0.2, 0) is 15.9 Å². The van der Waals surface area contributed by atoms with Gasteiger partial charge in [-0.1, -0.05) is 17.7 Å². The highest BCUT2D eigenvalue weighted by Gasteiger charge is 2.10. The Bertz CT molecular complexity index is 352. The Hall–Kier alpha value is -1.10. The molecule has 0 saturated heterocycles. The first-order valence-electron chi connectivity index (χ1n) is 6.05. The smallest absolute Gasteiger partial charge is 0.122 e. The van der Waals surface area contributed by atoms with Crippen molar-refractivity contribution >= 4 is 0 Å². The van der Waals surface area contributed by atoms with Gasteiger partial charge in [-0.2, -0.15) is 0 Å². The fraction of sp³-hybridized carbons (Fsp3) is 0.571. The predicted octanol–water partition coefficient (Wildman–Crippen LogP) is 1.57. The molecule has 0 bridgehead atoms. The summed E-state index contributed by atoms with van der Waals surface area (Å²) in [6, 6.07) is 5.93. The zero-order valence-electron chi connectivity index (χ0n) is 11.3. The van der Waals surface area contributed by atoms with Crippen LogP contribution < -0.4 is 4.74 Å². The van der Waals surface area contributed by atoms with E-state index in [4.69, 9.17) is 14.2 Å². The molecule has 0 aliphatic heterocycles. The maximum absolute atomic E-state index is 9.89. The largest absolute Gasteiger partial charge is 0.496 e. The van der Waals surface area contributed by atoms with Crippen LogP contribution >= 0.6 is 0 Å². The van der Waals surface area contributed by atoms with Crippen LogP contribution in [0, 0.1) is 6.92 Å². The van der Waals surface area contributed by atoms with E-state index in [1.54, 1.807) is 14.2 Å². The lowest BCUT2D eigenvalue weighted by molar-refractivity contribution is 0.0135. The number of rotatable bonds is 8. The summed E-state index contributed by atoms with van der Waals surface area (Å²) >= 11 is 0. The Morgan fingerprint density at radius 1 is 1.22 bits per heavy atom. The van der Waals surface area contributed by atoms with Gasteiger partial charge in [0.25, 0.3) is 0 Å². The zero-order chi connectivity index (χ0) is 13.4. The number of aliphatic hydroxyl groups is 1. The summed E-state index contributed by atoms with van der Waals surface area (Å²) in [6.07, 6.45) is -0.00441. The van der Waals surface area contributed by atoms with Gasteiger partial charge in [0.1, 0.15) is 5.75 Å². The second kappa shape index (κ2) is 8.08. The van der Waals surface area contributed by atoms with E-state index in [2.05, 4.69) is 0 Å². The number of aliphatic hydroxyl groups excluding tert-OH is 1. The summed E-state index contributed by atoms with van der Waals surface area (Å²) in [5.74, 6) is 0.802. The van der Waals surface area contributed by atoms with Gasteiger partial charge in [-0.25, -0.2) is 0 Å². The van der Waals surface area contributed by atoms with Crippen LogP contribution in [0.2, 0.25) is 0 Å². The number of benzene rings is 1. The summed E-state index contributed by atoms with van der Waals surface area (Å²) in [5.41, 5.74) is 2.15. The Morgan fingerprint density at radius 3 is 2.67 bits per heavy atom. The molecule has 0 amide bonds. The number of hydrogen-bond acceptors (Lipinski definition) is 4. The fourth-order valence-electron chi connectivity index (χ4n) is 1.74. The van der Waals surface area contributed by atoms with Gasteiger partial charge in [0.05, 0.1) is 33.0 Å². The molecule has 0 fully saturated rings. The van der Waals surface area contributed by atoms with Gasteiger partial charge in [0.15, 0.2) is 0 Å². The third-order valence-electron chi connectivity index (χ3n) is 2.63. The molecule has 0 aliphatic rings. The van der Waals surface area contributed by atoms with Crippen molar-refractivity contribution in [2.45, 2.75) is 19.4 Å². The molecule has 0 heterocycles. The van der Waals surface area contributed by atoms with Gasteiger partial charge in [-0.3, -0.25) is 0 Å². The second-order valence-corrected chi connectivity index (χ2v) is 4.24. The summed E-state index contributed by atoms with van der Waals surface area (Å²) in [4.78, 5) is 0. The number of aryl methyl sites for hydroxylation is 1. The first-order valence-corrected chi connectivity index (χ1v) is 6.05. The van der Waals surface area contributed by atoms with Crippen molar-refractivity contribution in [2.75, 3.05) is 34.0 Å². The molecule has 18 heavy (non-hydrogen) atoms. The quantitative estimate of drug-likeness (QED) is 0.715. The van der Waals surface area contributed by atoms with Crippen molar-refractivity contribution in [3.63, 3.8) is 0 Å². The maximum Gasteiger partial charge on any atom is 0.122 e. The lowest BCUT2D eigenvalue weighted by atomic mass is 10.0. The molecule has 102 valence electrons. The van der Waals surface area contributed by atoms with Gasteiger partial charge in [-0.05, 0) is 18.6 Å². The standard InChI is InChI=1S/C14H22O4/c1-11-4-5-14(17-3)12(8-11)9-13(15)10-18-7-6-16-2/h4-5,8,13,15H,6-7,9-10H2,1-3H3. The lowest BCUT2D eigenvalue weighted by Gasteiger charge is -2.14. The second-order valence-electron chi connectivity index (χ2n) is 4.24. The normalized spacial score (nSPS) is 12.4. The van der Waals surface area contributed by atoms with Crippen molar-refractivity contribution in [3.05, 3.63) is 29.3 Å².